The first-order chi connectivity index (χ1) is 7.77. The summed E-state index contributed by atoms with van der Waals surface area (Å²) in [4.78, 5) is 16.0. The number of nitrogens with zero attached hydrogens (tertiary/aromatic N) is 2. The fourth-order valence-corrected chi connectivity index (χ4v) is 2.58. The molecule has 1 aliphatic heterocycles. The Morgan fingerprint density at radius 1 is 1.75 bits per heavy atom. The molecule has 1 fully saturated rings. The van der Waals surface area contributed by atoms with Crippen LogP contribution in [-0.2, 0) is 23.0 Å². The van der Waals surface area contributed by atoms with Crippen LogP contribution >= 0.6 is 11.8 Å². The van der Waals surface area contributed by atoms with E-state index in [2.05, 4.69) is 4.98 Å². The predicted octanol–water partition coefficient (Wildman–Crippen LogP) is 1.05. The van der Waals surface area contributed by atoms with E-state index in [1.807, 2.05) is 17.8 Å². The molecule has 1 saturated heterocycles. The minimum Gasteiger partial charge on any atom is -0.369 e. The van der Waals surface area contributed by atoms with Gasteiger partial charge in [0.1, 0.15) is 11.9 Å². The van der Waals surface area contributed by atoms with E-state index in [1.165, 1.54) is 0 Å². The molecule has 0 aliphatic carbocycles. The van der Waals surface area contributed by atoms with Gasteiger partial charge in [-0.05, 0) is 0 Å². The van der Waals surface area contributed by atoms with Crippen molar-refractivity contribution in [2.75, 3.05) is 18.1 Å². The summed E-state index contributed by atoms with van der Waals surface area (Å²) in [5, 5.41) is 0. The summed E-state index contributed by atoms with van der Waals surface area (Å²) in [6.45, 7) is 0.698. The van der Waals surface area contributed by atoms with Gasteiger partial charge in [-0.15, -0.1) is 0 Å². The molecule has 0 N–H and O–H groups in total. The van der Waals surface area contributed by atoms with Crippen LogP contribution < -0.4 is 0 Å². The Hall–Kier alpha value is -0.810. The van der Waals surface area contributed by atoms with Crippen molar-refractivity contribution >= 4 is 17.5 Å². The van der Waals surface area contributed by atoms with Gasteiger partial charge in [0.2, 0.25) is 0 Å². The van der Waals surface area contributed by atoms with Crippen molar-refractivity contribution in [3.05, 3.63) is 18.2 Å². The van der Waals surface area contributed by atoms with Gasteiger partial charge < -0.3 is 9.30 Å². The average molecular weight is 240 g/mol. The van der Waals surface area contributed by atoms with Crippen molar-refractivity contribution in [1.29, 1.82) is 0 Å². The molecule has 1 unspecified atom stereocenters. The van der Waals surface area contributed by atoms with Gasteiger partial charge in [0.25, 0.3) is 0 Å². The summed E-state index contributed by atoms with van der Waals surface area (Å²) >= 11 is 1.79. The van der Waals surface area contributed by atoms with E-state index in [4.69, 9.17) is 4.74 Å². The number of rotatable bonds is 4. The molecule has 1 atom stereocenters. The zero-order valence-corrected chi connectivity index (χ0v) is 10.2. The molecule has 1 aromatic rings. The smallest absolute Gasteiger partial charge is 0.162 e. The molecule has 2 heterocycles. The van der Waals surface area contributed by atoms with Crippen LogP contribution in [0.5, 0.6) is 0 Å². The topological polar surface area (TPSA) is 44.1 Å². The Morgan fingerprint density at radius 3 is 3.25 bits per heavy atom. The quantitative estimate of drug-likeness (QED) is 0.789. The first-order valence-electron chi connectivity index (χ1n) is 5.45. The lowest BCUT2D eigenvalue weighted by Crippen LogP contribution is -2.31. The molecule has 5 heteroatoms. The largest absolute Gasteiger partial charge is 0.369 e. The molecule has 88 valence electrons. The number of thioether (sulfide) groups is 1. The highest BCUT2D eigenvalue weighted by Crippen LogP contribution is 2.15. The van der Waals surface area contributed by atoms with Crippen LogP contribution in [0.3, 0.4) is 0 Å². The Kier molecular flexibility index (Phi) is 4.01. The molecule has 1 aromatic heterocycles. The third kappa shape index (κ3) is 2.86. The molecule has 0 spiro atoms. The molecule has 2 rings (SSSR count). The van der Waals surface area contributed by atoms with Crippen molar-refractivity contribution in [3.63, 3.8) is 0 Å². The standard InChI is InChI=1S/C11H16N2O2S/c1-13-5-4-12-11(13)3-2-9(14)10-8-16-7-6-15-10/h4-5,10H,2-3,6-8H2,1H3. The molecule has 0 radical (unpaired) electrons. The fraction of sp³-hybridized carbons (Fsp3) is 0.636. The third-order valence-electron chi connectivity index (χ3n) is 2.69. The van der Waals surface area contributed by atoms with E-state index in [9.17, 15) is 4.79 Å². The van der Waals surface area contributed by atoms with E-state index in [-0.39, 0.29) is 11.9 Å². The number of carbonyl (C=O) groups excluding carboxylic acids is 1. The highest BCUT2D eigenvalue weighted by molar-refractivity contribution is 7.99. The zero-order chi connectivity index (χ0) is 11.4. The minimum absolute atomic E-state index is 0.195. The van der Waals surface area contributed by atoms with Crippen molar-refractivity contribution in [2.45, 2.75) is 18.9 Å². The summed E-state index contributed by atoms with van der Waals surface area (Å²) in [6, 6.07) is 0. The second-order valence-electron chi connectivity index (χ2n) is 3.86. The average Bonchev–Trinajstić information content (AvgIpc) is 2.73. The monoisotopic (exact) mass is 240 g/mol. The van der Waals surface area contributed by atoms with Crippen LogP contribution in [0.1, 0.15) is 12.2 Å². The first kappa shape index (κ1) is 11.7. The van der Waals surface area contributed by atoms with Crippen LogP contribution in [0.4, 0.5) is 0 Å². The van der Waals surface area contributed by atoms with Gasteiger partial charge in [0, 0.05) is 43.8 Å². The van der Waals surface area contributed by atoms with Crippen molar-refractivity contribution in [3.8, 4) is 0 Å². The summed E-state index contributed by atoms with van der Waals surface area (Å²) < 4.78 is 7.39. The highest BCUT2D eigenvalue weighted by Gasteiger charge is 2.22. The van der Waals surface area contributed by atoms with Crippen molar-refractivity contribution < 1.29 is 9.53 Å². The number of carbonyl (C=O) groups is 1. The van der Waals surface area contributed by atoms with E-state index in [0.29, 0.717) is 19.4 Å². The number of hydrogen-bond donors (Lipinski definition) is 0. The number of aryl methyl sites for hydroxylation is 2. The van der Waals surface area contributed by atoms with Crippen LogP contribution in [0.15, 0.2) is 12.4 Å². The van der Waals surface area contributed by atoms with Gasteiger partial charge in [0.05, 0.1) is 6.61 Å². The maximum atomic E-state index is 11.8. The molecule has 0 saturated carbocycles. The van der Waals surface area contributed by atoms with Gasteiger partial charge >= 0.3 is 0 Å². The number of aromatic nitrogens is 2. The van der Waals surface area contributed by atoms with Gasteiger partial charge in [-0.25, -0.2) is 4.98 Å². The molecule has 0 amide bonds. The Morgan fingerprint density at radius 2 is 2.62 bits per heavy atom. The third-order valence-corrected chi connectivity index (χ3v) is 3.68. The van der Waals surface area contributed by atoms with Crippen LogP contribution in [0.25, 0.3) is 0 Å². The number of ether oxygens (including phenoxy) is 1. The molecule has 1 aliphatic rings. The Bertz CT molecular complexity index is 359. The van der Waals surface area contributed by atoms with Gasteiger partial charge in [-0.3, -0.25) is 4.79 Å². The fourth-order valence-electron chi connectivity index (χ4n) is 1.71. The molecular formula is C11H16N2O2S. The molecule has 0 aromatic carbocycles. The van der Waals surface area contributed by atoms with E-state index in [0.717, 1.165) is 17.3 Å². The molecule has 4 nitrogen and oxygen atoms in total. The predicted molar refractivity (Wildman–Crippen MR) is 63.6 cm³/mol. The number of imidazole rings is 1. The minimum atomic E-state index is -0.195. The van der Waals surface area contributed by atoms with Crippen LogP contribution in [0, 0.1) is 0 Å². The maximum absolute atomic E-state index is 11.8. The van der Waals surface area contributed by atoms with Crippen LogP contribution in [0.2, 0.25) is 0 Å². The first-order valence-corrected chi connectivity index (χ1v) is 6.61. The summed E-state index contributed by atoms with van der Waals surface area (Å²) in [7, 11) is 1.94. The maximum Gasteiger partial charge on any atom is 0.162 e. The van der Waals surface area contributed by atoms with Gasteiger partial charge in [-0.2, -0.15) is 11.8 Å². The molecular weight excluding hydrogens is 224 g/mol. The summed E-state index contributed by atoms with van der Waals surface area (Å²) in [6.07, 6.45) is 4.68. The number of hydrogen-bond acceptors (Lipinski definition) is 4. The normalized spacial score (nSPS) is 20.9. The van der Waals surface area contributed by atoms with Crippen LogP contribution in [-0.4, -0.2) is 39.6 Å². The summed E-state index contributed by atoms with van der Waals surface area (Å²) in [5.74, 6) is 2.97. The Labute approximate surface area is 99.4 Å². The Balaban J connectivity index is 1.81. The van der Waals surface area contributed by atoms with E-state index >= 15 is 0 Å². The van der Waals surface area contributed by atoms with Crippen molar-refractivity contribution in [2.24, 2.45) is 7.05 Å². The van der Waals surface area contributed by atoms with Crippen molar-refractivity contribution in [1.82, 2.24) is 9.55 Å². The van der Waals surface area contributed by atoms with E-state index < -0.39 is 0 Å². The van der Waals surface area contributed by atoms with Gasteiger partial charge in [-0.1, -0.05) is 0 Å². The number of Topliss-reactive ketones (excluding diaryl/α,β-unsaturated/α-hetero) is 1. The lowest BCUT2D eigenvalue weighted by atomic mass is 10.1. The number of ketones is 1. The summed E-state index contributed by atoms with van der Waals surface area (Å²) in [5.41, 5.74) is 0. The molecule has 0 bridgehead atoms. The second-order valence-corrected chi connectivity index (χ2v) is 5.00. The zero-order valence-electron chi connectivity index (χ0n) is 9.39. The van der Waals surface area contributed by atoms with Gasteiger partial charge in [0.15, 0.2) is 5.78 Å². The SMILES string of the molecule is Cn1ccnc1CCC(=O)C1CSCCO1. The second kappa shape index (κ2) is 5.50. The highest BCUT2D eigenvalue weighted by atomic mass is 32.2. The van der Waals surface area contributed by atoms with E-state index in [1.54, 1.807) is 18.0 Å². The lowest BCUT2D eigenvalue weighted by Gasteiger charge is -2.20. The lowest BCUT2D eigenvalue weighted by molar-refractivity contribution is -0.129. The molecule has 16 heavy (non-hydrogen) atoms.